The number of hydrogen-bond acceptors (Lipinski definition) is 4. The number of carbonyl (C=O) groups is 1. The lowest BCUT2D eigenvalue weighted by Gasteiger charge is -2.30. The summed E-state index contributed by atoms with van der Waals surface area (Å²) in [5.41, 5.74) is 6.05. The first kappa shape index (κ1) is 17.6. The Morgan fingerprint density at radius 3 is 2.25 bits per heavy atom. The number of rotatable bonds is 3. The molecule has 0 saturated heterocycles. The first-order valence-electron chi connectivity index (χ1n) is 7.94. The van der Waals surface area contributed by atoms with Crippen molar-refractivity contribution in [3.05, 3.63) is 64.0 Å². The van der Waals surface area contributed by atoms with Gasteiger partial charge in [-0.15, -0.1) is 0 Å². The second kappa shape index (κ2) is 7.18. The maximum Gasteiger partial charge on any atom is 0.349 e. The number of nitriles is 1. The van der Waals surface area contributed by atoms with Crippen molar-refractivity contribution < 1.29 is 9.53 Å². The van der Waals surface area contributed by atoms with Gasteiger partial charge in [-0.1, -0.05) is 6.07 Å². The molecule has 1 aliphatic heterocycles. The van der Waals surface area contributed by atoms with Crippen LogP contribution in [0.3, 0.4) is 0 Å². The molecule has 2 rings (SSSR count). The Balaban J connectivity index is 2.47. The molecule has 0 amide bonds. The highest BCUT2D eigenvalue weighted by Gasteiger charge is 2.21. The maximum atomic E-state index is 11.9. The van der Waals surface area contributed by atoms with Crippen LogP contribution in [0.25, 0.3) is 0 Å². The van der Waals surface area contributed by atoms with Crippen LogP contribution >= 0.6 is 0 Å². The molecule has 0 fully saturated rings. The third-order valence-electron chi connectivity index (χ3n) is 4.06. The largest absolute Gasteiger partial charge is 0.462 e. The number of nitrogens with zero attached hydrogens (tertiary/aromatic N) is 2. The molecule has 0 saturated carbocycles. The van der Waals surface area contributed by atoms with Gasteiger partial charge in [0.2, 0.25) is 0 Å². The lowest BCUT2D eigenvalue weighted by Crippen LogP contribution is -2.22. The molecule has 1 aliphatic rings. The number of anilines is 1. The van der Waals surface area contributed by atoms with Crippen LogP contribution in [0.4, 0.5) is 5.69 Å². The van der Waals surface area contributed by atoms with Crippen LogP contribution in [0.5, 0.6) is 0 Å². The first-order valence-corrected chi connectivity index (χ1v) is 7.94. The van der Waals surface area contributed by atoms with E-state index in [0.717, 1.165) is 17.1 Å². The summed E-state index contributed by atoms with van der Waals surface area (Å²) in [5, 5.41) is 9.32. The van der Waals surface area contributed by atoms with Crippen molar-refractivity contribution >= 4 is 11.7 Å². The Bertz CT molecular complexity index is 785. The van der Waals surface area contributed by atoms with Crippen molar-refractivity contribution in [1.29, 1.82) is 5.26 Å². The van der Waals surface area contributed by atoms with Crippen molar-refractivity contribution in [2.45, 2.75) is 34.6 Å². The van der Waals surface area contributed by atoms with E-state index in [-0.39, 0.29) is 12.2 Å². The van der Waals surface area contributed by atoms with Crippen molar-refractivity contribution in [2.75, 3.05) is 11.5 Å². The summed E-state index contributed by atoms with van der Waals surface area (Å²) >= 11 is 0. The van der Waals surface area contributed by atoms with Crippen LogP contribution in [-0.4, -0.2) is 12.6 Å². The van der Waals surface area contributed by atoms with Gasteiger partial charge in [0.15, 0.2) is 0 Å². The zero-order chi connectivity index (χ0) is 17.9. The summed E-state index contributed by atoms with van der Waals surface area (Å²) in [6.45, 7) is 10.1. The molecule has 0 bridgehead atoms. The summed E-state index contributed by atoms with van der Waals surface area (Å²) in [5.74, 6) is -0.581. The van der Waals surface area contributed by atoms with Crippen molar-refractivity contribution in [3.63, 3.8) is 0 Å². The Morgan fingerprint density at radius 2 is 1.75 bits per heavy atom. The summed E-state index contributed by atoms with van der Waals surface area (Å²) in [6, 6.07) is 8.27. The average molecular weight is 322 g/mol. The van der Waals surface area contributed by atoms with E-state index in [2.05, 4.69) is 36.9 Å². The van der Waals surface area contributed by atoms with E-state index >= 15 is 0 Å². The summed E-state index contributed by atoms with van der Waals surface area (Å²) in [6.07, 6.45) is 3.69. The van der Waals surface area contributed by atoms with Crippen LogP contribution in [0.2, 0.25) is 0 Å². The van der Waals surface area contributed by atoms with Gasteiger partial charge in [0, 0.05) is 22.7 Å². The van der Waals surface area contributed by atoms with Gasteiger partial charge in [-0.2, -0.15) is 5.26 Å². The molecule has 1 aromatic rings. The van der Waals surface area contributed by atoms with Crippen LogP contribution in [0.15, 0.2) is 52.9 Å². The highest BCUT2D eigenvalue weighted by molar-refractivity contribution is 5.95. The predicted octanol–water partition coefficient (Wildman–Crippen LogP) is 4.31. The van der Waals surface area contributed by atoms with E-state index in [0.29, 0.717) is 5.57 Å². The zero-order valence-corrected chi connectivity index (χ0v) is 14.8. The number of allylic oxidation sites excluding steroid dienone is 5. The number of ether oxygens (including phenoxy) is 1. The molecule has 0 radical (unpaired) electrons. The zero-order valence-electron chi connectivity index (χ0n) is 14.8. The standard InChI is InChI=1S/C20H22N2O2/c1-6-24-20(23)19(12-21)17-10-15(4)22(16(5)11-17)18-8-7-13(2)14(3)9-18/h7-11H,6H2,1-5H3. The van der Waals surface area contributed by atoms with E-state index < -0.39 is 5.97 Å². The number of aryl methyl sites for hydroxylation is 2. The third-order valence-corrected chi connectivity index (χ3v) is 4.06. The number of hydrogen-bond donors (Lipinski definition) is 0. The van der Waals surface area contributed by atoms with Gasteiger partial charge in [0.1, 0.15) is 11.6 Å². The molecule has 0 unspecified atom stereocenters. The molecule has 0 aromatic heterocycles. The second-order valence-corrected chi connectivity index (χ2v) is 5.84. The van der Waals surface area contributed by atoms with Crippen molar-refractivity contribution in [2.24, 2.45) is 0 Å². The van der Waals surface area contributed by atoms with Crippen molar-refractivity contribution in [1.82, 2.24) is 0 Å². The Morgan fingerprint density at radius 1 is 1.12 bits per heavy atom. The molecular weight excluding hydrogens is 300 g/mol. The topological polar surface area (TPSA) is 53.3 Å². The molecule has 4 heteroatoms. The fraction of sp³-hybridized carbons (Fsp3) is 0.300. The van der Waals surface area contributed by atoms with E-state index in [4.69, 9.17) is 4.74 Å². The van der Waals surface area contributed by atoms with Crippen LogP contribution in [0.1, 0.15) is 31.9 Å². The van der Waals surface area contributed by atoms with Gasteiger partial charge in [0.05, 0.1) is 6.61 Å². The van der Waals surface area contributed by atoms with Gasteiger partial charge < -0.3 is 9.64 Å². The quantitative estimate of drug-likeness (QED) is 0.472. The van der Waals surface area contributed by atoms with Crippen LogP contribution < -0.4 is 4.90 Å². The average Bonchev–Trinajstić information content (AvgIpc) is 2.51. The van der Waals surface area contributed by atoms with Gasteiger partial charge in [-0.25, -0.2) is 4.79 Å². The van der Waals surface area contributed by atoms with Crippen molar-refractivity contribution in [3.8, 4) is 6.07 Å². The molecule has 4 nitrogen and oxygen atoms in total. The maximum absolute atomic E-state index is 11.9. The Labute approximate surface area is 143 Å². The van der Waals surface area contributed by atoms with Gasteiger partial charge in [-0.3, -0.25) is 0 Å². The van der Waals surface area contributed by atoms with Gasteiger partial charge >= 0.3 is 5.97 Å². The fourth-order valence-corrected chi connectivity index (χ4v) is 2.75. The summed E-state index contributed by atoms with van der Waals surface area (Å²) in [4.78, 5) is 14.1. The molecule has 1 heterocycles. The smallest absolute Gasteiger partial charge is 0.349 e. The SMILES string of the molecule is CCOC(=O)C(C#N)=C1C=C(C)N(c2ccc(C)c(C)c2)C(C)=C1. The molecule has 0 aliphatic carbocycles. The normalized spacial score (nSPS) is 13.8. The number of benzene rings is 1. The summed E-state index contributed by atoms with van der Waals surface area (Å²) in [7, 11) is 0. The summed E-state index contributed by atoms with van der Waals surface area (Å²) < 4.78 is 4.97. The number of carbonyl (C=O) groups excluding carboxylic acids is 1. The monoisotopic (exact) mass is 322 g/mol. The Hall–Kier alpha value is -2.80. The molecule has 1 aromatic carbocycles. The Kier molecular flexibility index (Phi) is 5.25. The van der Waals surface area contributed by atoms with E-state index in [1.165, 1.54) is 11.1 Å². The number of esters is 1. The second-order valence-electron chi connectivity index (χ2n) is 5.84. The highest BCUT2D eigenvalue weighted by Crippen LogP contribution is 2.31. The lowest BCUT2D eigenvalue weighted by molar-refractivity contribution is -0.138. The molecule has 24 heavy (non-hydrogen) atoms. The highest BCUT2D eigenvalue weighted by atomic mass is 16.5. The molecular formula is C20H22N2O2. The van der Waals surface area contributed by atoms with E-state index in [9.17, 15) is 10.1 Å². The molecule has 0 spiro atoms. The molecule has 0 atom stereocenters. The molecule has 124 valence electrons. The minimum absolute atomic E-state index is 0.0373. The lowest BCUT2D eigenvalue weighted by atomic mass is 10.0. The molecule has 0 N–H and O–H groups in total. The fourth-order valence-electron chi connectivity index (χ4n) is 2.75. The predicted molar refractivity (Wildman–Crippen MR) is 95.2 cm³/mol. The van der Waals surface area contributed by atoms with Gasteiger partial charge in [-0.05, 0) is 70.0 Å². The van der Waals surface area contributed by atoms with Crippen LogP contribution in [-0.2, 0) is 9.53 Å². The van der Waals surface area contributed by atoms with Crippen LogP contribution in [0, 0.1) is 25.2 Å². The third kappa shape index (κ3) is 3.41. The van der Waals surface area contributed by atoms with Gasteiger partial charge in [0.25, 0.3) is 0 Å². The minimum atomic E-state index is -0.581. The minimum Gasteiger partial charge on any atom is -0.462 e. The first-order chi connectivity index (χ1) is 11.4. The van der Waals surface area contributed by atoms with E-state index in [1.54, 1.807) is 6.92 Å². The van der Waals surface area contributed by atoms with E-state index in [1.807, 2.05) is 32.1 Å².